The van der Waals surface area contributed by atoms with Gasteiger partial charge in [-0.2, -0.15) is 0 Å². The van der Waals surface area contributed by atoms with E-state index in [1.807, 2.05) is 24.4 Å². The van der Waals surface area contributed by atoms with Crippen LogP contribution in [0.4, 0.5) is 4.39 Å². The summed E-state index contributed by atoms with van der Waals surface area (Å²) in [5.41, 5.74) is 1.76. The van der Waals surface area contributed by atoms with Crippen LogP contribution in [0.3, 0.4) is 0 Å². The fourth-order valence-electron chi connectivity index (χ4n) is 2.54. The quantitative estimate of drug-likeness (QED) is 0.711. The second kappa shape index (κ2) is 6.46. The van der Waals surface area contributed by atoms with Crippen LogP contribution in [-0.4, -0.2) is 22.3 Å². The van der Waals surface area contributed by atoms with E-state index in [9.17, 15) is 9.18 Å². The van der Waals surface area contributed by atoms with Gasteiger partial charge in [-0.1, -0.05) is 6.07 Å². The Bertz CT molecular complexity index is 846. The Morgan fingerprint density at radius 3 is 2.83 bits per heavy atom. The summed E-state index contributed by atoms with van der Waals surface area (Å²) in [4.78, 5) is 20.2. The van der Waals surface area contributed by atoms with Gasteiger partial charge in [0.15, 0.2) is 0 Å². The molecule has 23 heavy (non-hydrogen) atoms. The van der Waals surface area contributed by atoms with Gasteiger partial charge in [0, 0.05) is 22.9 Å². The molecule has 0 unspecified atom stereocenters. The number of nitrogens with zero attached hydrogens (tertiary/aromatic N) is 2. The summed E-state index contributed by atoms with van der Waals surface area (Å²) in [6, 6.07) is 10.2. The second-order valence-electron chi connectivity index (χ2n) is 5.36. The molecule has 0 bridgehead atoms. The molecule has 1 aromatic carbocycles. The van der Waals surface area contributed by atoms with Crippen LogP contribution in [0.2, 0.25) is 0 Å². The number of benzene rings is 1. The van der Waals surface area contributed by atoms with Crippen LogP contribution < -0.4 is 0 Å². The maximum atomic E-state index is 13.3. The second-order valence-corrected chi connectivity index (χ2v) is 6.39. The van der Waals surface area contributed by atoms with E-state index in [4.69, 9.17) is 0 Å². The van der Waals surface area contributed by atoms with Crippen LogP contribution in [0.15, 0.2) is 41.8 Å². The molecule has 1 amide bonds. The summed E-state index contributed by atoms with van der Waals surface area (Å²) < 4.78 is 13.3. The molecule has 0 atom stereocenters. The molecule has 0 saturated heterocycles. The summed E-state index contributed by atoms with van der Waals surface area (Å²) in [5, 5.41) is 2.78. The van der Waals surface area contributed by atoms with Crippen LogP contribution in [0, 0.1) is 12.7 Å². The van der Waals surface area contributed by atoms with Crippen molar-refractivity contribution in [1.82, 2.24) is 9.88 Å². The van der Waals surface area contributed by atoms with Gasteiger partial charge in [-0.3, -0.25) is 9.78 Å². The third-order valence-electron chi connectivity index (χ3n) is 3.80. The van der Waals surface area contributed by atoms with E-state index < -0.39 is 0 Å². The highest BCUT2D eigenvalue weighted by Gasteiger charge is 2.18. The molecule has 0 aliphatic carbocycles. The van der Waals surface area contributed by atoms with Gasteiger partial charge < -0.3 is 4.90 Å². The molecule has 2 aromatic heterocycles. The normalized spacial score (nSPS) is 10.9. The Balaban J connectivity index is 1.95. The molecule has 3 rings (SSSR count). The van der Waals surface area contributed by atoms with Gasteiger partial charge in [0.25, 0.3) is 5.91 Å². The maximum Gasteiger partial charge on any atom is 0.256 e. The summed E-state index contributed by atoms with van der Waals surface area (Å²) in [5.74, 6) is -0.367. The number of halogens is 1. The fourth-order valence-corrected chi connectivity index (χ4v) is 3.26. The number of pyridine rings is 1. The molecular weight excluding hydrogens is 311 g/mol. The van der Waals surface area contributed by atoms with E-state index in [0.717, 1.165) is 10.3 Å². The fraction of sp³-hybridized carbons (Fsp3) is 0.222. The van der Waals surface area contributed by atoms with E-state index >= 15 is 0 Å². The van der Waals surface area contributed by atoms with Crippen LogP contribution in [0.5, 0.6) is 0 Å². The van der Waals surface area contributed by atoms with Crippen LogP contribution in [0.25, 0.3) is 10.9 Å². The Kier molecular flexibility index (Phi) is 4.39. The monoisotopic (exact) mass is 328 g/mol. The molecular formula is C18H17FN2OS. The van der Waals surface area contributed by atoms with Crippen LogP contribution in [0.1, 0.15) is 27.9 Å². The predicted molar refractivity (Wildman–Crippen MR) is 91.2 cm³/mol. The van der Waals surface area contributed by atoms with E-state index in [1.54, 1.807) is 35.3 Å². The van der Waals surface area contributed by atoms with Gasteiger partial charge >= 0.3 is 0 Å². The minimum Gasteiger partial charge on any atom is -0.334 e. The minimum absolute atomic E-state index is 0.0443. The molecule has 0 aliphatic heterocycles. The first-order chi connectivity index (χ1) is 11.1. The molecule has 0 aliphatic rings. The highest BCUT2D eigenvalue weighted by Crippen LogP contribution is 2.20. The Morgan fingerprint density at radius 1 is 1.30 bits per heavy atom. The largest absolute Gasteiger partial charge is 0.334 e. The first-order valence-electron chi connectivity index (χ1n) is 7.47. The lowest BCUT2D eigenvalue weighted by Gasteiger charge is -2.21. The Morgan fingerprint density at radius 2 is 2.13 bits per heavy atom. The van der Waals surface area contributed by atoms with Gasteiger partial charge in [0.05, 0.1) is 23.3 Å². The highest BCUT2D eigenvalue weighted by atomic mass is 32.1. The van der Waals surface area contributed by atoms with Gasteiger partial charge in [0.2, 0.25) is 0 Å². The average Bonchev–Trinajstić information content (AvgIpc) is 3.04. The highest BCUT2D eigenvalue weighted by molar-refractivity contribution is 7.09. The van der Waals surface area contributed by atoms with Crippen molar-refractivity contribution in [3.05, 3.63) is 63.7 Å². The number of aryl methyl sites for hydroxylation is 1. The van der Waals surface area contributed by atoms with Gasteiger partial charge in [-0.05, 0) is 43.5 Å². The van der Waals surface area contributed by atoms with Crippen LogP contribution in [-0.2, 0) is 6.54 Å². The zero-order valence-corrected chi connectivity index (χ0v) is 13.9. The van der Waals surface area contributed by atoms with E-state index in [-0.39, 0.29) is 11.7 Å². The van der Waals surface area contributed by atoms with Crippen molar-refractivity contribution in [2.45, 2.75) is 20.4 Å². The molecule has 5 heteroatoms. The number of amides is 1. The lowest BCUT2D eigenvalue weighted by Crippen LogP contribution is -2.30. The lowest BCUT2D eigenvalue weighted by atomic mass is 10.1. The summed E-state index contributed by atoms with van der Waals surface area (Å²) in [6.07, 6.45) is 0. The smallest absolute Gasteiger partial charge is 0.256 e. The Hall–Kier alpha value is -2.27. The first-order valence-corrected chi connectivity index (χ1v) is 8.35. The molecule has 3 nitrogen and oxygen atoms in total. The number of carbonyl (C=O) groups excluding carboxylic acids is 1. The molecule has 118 valence electrons. The summed E-state index contributed by atoms with van der Waals surface area (Å²) in [7, 11) is 0. The first kappa shape index (κ1) is 15.6. The van der Waals surface area contributed by atoms with Crippen molar-refractivity contribution < 1.29 is 9.18 Å². The third-order valence-corrected chi connectivity index (χ3v) is 4.66. The zero-order valence-electron chi connectivity index (χ0n) is 13.0. The molecule has 0 radical (unpaired) electrons. The van der Waals surface area contributed by atoms with Crippen molar-refractivity contribution >= 4 is 28.1 Å². The topological polar surface area (TPSA) is 33.2 Å². The maximum absolute atomic E-state index is 13.3. The standard InChI is InChI=1S/C18H17FN2OS/c1-3-21(11-15-5-4-8-23-15)18(22)16-9-13-6-7-14(19)10-17(13)20-12(16)2/h4-10H,3,11H2,1-2H3. The average molecular weight is 328 g/mol. The number of fused-ring (bicyclic) bond motifs is 1. The van der Waals surface area contributed by atoms with Crippen molar-refractivity contribution in [1.29, 1.82) is 0 Å². The number of carbonyl (C=O) groups is 1. The molecule has 0 spiro atoms. The third kappa shape index (κ3) is 3.24. The molecule has 0 fully saturated rings. The Labute approximate surface area is 138 Å². The van der Waals surface area contributed by atoms with Gasteiger partial charge in [-0.25, -0.2) is 4.39 Å². The summed E-state index contributed by atoms with van der Waals surface area (Å²) in [6.45, 7) is 4.97. The summed E-state index contributed by atoms with van der Waals surface area (Å²) >= 11 is 1.64. The number of aromatic nitrogens is 1. The number of hydrogen-bond acceptors (Lipinski definition) is 3. The zero-order chi connectivity index (χ0) is 16.4. The minimum atomic E-state index is -0.323. The van der Waals surface area contributed by atoms with Crippen molar-refractivity contribution in [3.63, 3.8) is 0 Å². The molecule has 3 aromatic rings. The van der Waals surface area contributed by atoms with E-state index in [1.165, 1.54) is 12.1 Å². The molecule has 2 heterocycles. The van der Waals surface area contributed by atoms with Crippen molar-refractivity contribution in [2.75, 3.05) is 6.54 Å². The SMILES string of the molecule is CCN(Cc1cccs1)C(=O)c1cc2ccc(F)cc2nc1C. The van der Waals surface area contributed by atoms with Gasteiger partial charge in [-0.15, -0.1) is 11.3 Å². The van der Waals surface area contributed by atoms with Crippen molar-refractivity contribution in [3.8, 4) is 0 Å². The van der Waals surface area contributed by atoms with Crippen LogP contribution >= 0.6 is 11.3 Å². The number of thiophene rings is 1. The number of hydrogen-bond donors (Lipinski definition) is 0. The molecule has 0 saturated carbocycles. The van der Waals surface area contributed by atoms with Crippen molar-refractivity contribution in [2.24, 2.45) is 0 Å². The lowest BCUT2D eigenvalue weighted by molar-refractivity contribution is 0.0753. The van der Waals surface area contributed by atoms with E-state index in [2.05, 4.69) is 4.98 Å². The predicted octanol–water partition coefficient (Wildman–Crippen LogP) is 4.41. The molecule has 0 N–H and O–H groups in total. The van der Waals surface area contributed by atoms with E-state index in [0.29, 0.717) is 29.9 Å². The van der Waals surface area contributed by atoms with Gasteiger partial charge in [0.1, 0.15) is 5.82 Å². The number of rotatable bonds is 4.